The zero-order chi connectivity index (χ0) is 21.2. The Hall–Kier alpha value is -2.21. The summed E-state index contributed by atoms with van der Waals surface area (Å²) >= 11 is 0. The molecule has 2 atom stereocenters. The summed E-state index contributed by atoms with van der Waals surface area (Å²) < 4.78 is 5.46. The molecule has 1 aromatic rings. The lowest BCUT2D eigenvalue weighted by Crippen LogP contribution is -2.47. The van der Waals surface area contributed by atoms with E-state index >= 15 is 0 Å². The van der Waals surface area contributed by atoms with E-state index < -0.39 is 23.5 Å². The first kappa shape index (κ1) is 23.8. The molecule has 1 aromatic carbocycles. The molecule has 1 amide bonds. The lowest BCUT2D eigenvalue weighted by molar-refractivity contribution is -0.159. The van der Waals surface area contributed by atoms with Crippen LogP contribution in [0.1, 0.15) is 58.9 Å². The number of amides is 1. The maximum atomic E-state index is 12.9. The molecular weight excluding hydrogens is 356 g/mol. The average molecular weight is 391 g/mol. The molecule has 0 heterocycles. The first-order valence-corrected chi connectivity index (χ1v) is 9.89. The quantitative estimate of drug-likeness (QED) is 0.447. The van der Waals surface area contributed by atoms with E-state index in [2.05, 4.69) is 5.32 Å². The molecule has 1 rings (SSSR count). The van der Waals surface area contributed by atoms with Crippen LogP contribution in [-0.4, -0.2) is 35.8 Å². The summed E-state index contributed by atoms with van der Waals surface area (Å²) in [5, 5.41) is 2.82. The van der Waals surface area contributed by atoms with Crippen molar-refractivity contribution in [3.8, 4) is 0 Å². The van der Waals surface area contributed by atoms with Crippen molar-refractivity contribution in [1.29, 1.82) is 0 Å². The summed E-state index contributed by atoms with van der Waals surface area (Å²) in [6.07, 6.45) is 2.49. The second-order valence-electron chi connectivity index (χ2n) is 8.17. The number of rotatable bonds is 11. The number of nitrogens with one attached hydrogen (secondary N) is 1. The third-order valence-corrected chi connectivity index (χ3v) is 4.18. The molecule has 6 heteroatoms. The summed E-state index contributed by atoms with van der Waals surface area (Å²) in [5.41, 5.74) is 5.87. The molecule has 28 heavy (non-hydrogen) atoms. The molecule has 0 fully saturated rings. The van der Waals surface area contributed by atoms with Gasteiger partial charge >= 0.3 is 5.97 Å². The summed E-state index contributed by atoms with van der Waals surface area (Å²) in [4.78, 5) is 37.1. The summed E-state index contributed by atoms with van der Waals surface area (Å²) in [5.74, 6) is -1.35. The van der Waals surface area contributed by atoms with E-state index in [4.69, 9.17) is 10.5 Å². The number of hydrogen-bond donors (Lipinski definition) is 2. The van der Waals surface area contributed by atoms with Gasteiger partial charge in [-0.2, -0.15) is 0 Å². The Morgan fingerprint density at radius 1 is 1.11 bits per heavy atom. The van der Waals surface area contributed by atoms with Crippen molar-refractivity contribution >= 4 is 17.7 Å². The molecule has 6 nitrogen and oxygen atoms in total. The van der Waals surface area contributed by atoms with Gasteiger partial charge in [0.25, 0.3) is 0 Å². The summed E-state index contributed by atoms with van der Waals surface area (Å²) in [7, 11) is 0. The van der Waals surface area contributed by atoms with Crippen molar-refractivity contribution in [3.63, 3.8) is 0 Å². The number of esters is 1. The Bertz CT molecular complexity index is 638. The lowest BCUT2D eigenvalue weighted by Gasteiger charge is -2.26. The Morgan fingerprint density at radius 3 is 2.29 bits per heavy atom. The smallest absolute Gasteiger partial charge is 0.329 e. The largest absolute Gasteiger partial charge is 0.458 e. The maximum absolute atomic E-state index is 12.9. The highest BCUT2D eigenvalue weighted by Gasteiger charge is 2.29. The van der Waals surface area contributed by atoms with Gasteiger partial charge in [-0.15, -0.1) is 0 Å². The van der Waals surface area contributed by atoms with Crippen LogP contribution in [-0.2, 0) is 25.5 Å². The van der Waals surface area contributed by atoms with Gasteiger partial charge in [-0.1, -0.05) is 30.3 Å². The van der Waals surface area contributed by atoms with Crippen LogP contribution < -0.4 is 11.1 Å². The predicted molar refractivity (Wildman–Crippen MR) is 110 cm³/mol. The van der Waals surface area contributed by atoms with Gasteiger partial charge in [0.15, 0.2) is 0 Å². The zero-order valence-electron chi connectivity index (χ0n) is 17.5. The first-order valence-electron chi connectivity index (χ1n) is 9.89. The van der Waals surface area contributed by atoms with Gasteiger partial charge in [0.1, 0.15) is 17.4 Å². The van der Waals surface area contributed by atoms with Crippen LogP contribution in [0, 0.1) is 5.92 Å². The minimum Gasteiger partial charge on any atom is -0.458 e. The molecule has 0 radical (unpaired) electrons. The van der Waals surface area contributed by atoms with E-state index in [0.29, 0.717) is 25.8 Å². The van der Waals surface area contributed by atoms with Gasteiger partial charge in [0, 0.05) is 12.3 Å². The van der Waals surface area contributed by atoms with E-state index in [1.807, 2.05) is 30.3 Å². The highest BCUT2D eigenvalue weighted by Crippen LogP contribution is 2.16. The molecule has 0 spiro atoms. The number of nitrogens with two attached hydrogens (primary N) is 1. The van der Waals surface area contributed by atoms with Gasteiger partial charge in [0.05, 0.1) is 0 Å². The average Bonchev–Trinajstić information content (AvgIpc) is 2.59. The van der Waals surface area contributed by atoms with Gasteiger partial charge in [-0.3, -0.25) is 4.79 Å². The van der Waals surface area contributed by atoms with E-state index in [9.17, 15) is 14.4 Å². The van der Waals surface area contributed by atoms with Crippen LogP contribution in [0.15, 0.2) is 30.3 Å². The number of benzene rings is 1. The summed E-state index contributed by atoms with van der Waals surface area (Å²) in [6.45, 7) is 7.36. The molecule has 0 aliphatic heterocycles. The maximum Gasteiger partial charge on any atom is 0.329 e. The lowest BCUT2D eigenvalue weighted by atomic mass is 9.93. The van der Waals surface area contributed by atoms with E-state index in [1.54, 1.807) is 20.8 Å². The van der Waals surface area contributed by atoms with Gasteiger partial charge in [-0.25, -0.2) is 4.79 Å². The van der Waals surface area contributed by atoms with Crippen LogP contribution in [0.5, 0.6) is 0 Å². The third kappa shape index (κ3) is 9.65. The highest BCUT2D eigenvalue weighted by molar-refractivity contribution is 5.89. The second kappa shape index (κ2) is 11.6. The van der Waals surface area contributed by atoms with Crippen LogP contribution in [0.2, 0.25) is 0 Å². The predicted octanol–water partition coefficient (Wildman–Crippen LogP) is 2.78. The van der Waals surface area contributed by atoms with Crippen molar-refractivity contribution in [2.45, 2.75) is 71.4 Å². The molecule has 0 aromatic heterocycles. The zero-order valence-corrected chi connectivity index (χ0v) is 17.5. The minimum absolute atomic E-state index is 0.0620. The van der Waals surface area contributed by atoms with Crippen molar-refractivity contribution < 1.29 is 19.1 Å². The van der Waals surface area contributed by atoms with Crippen molar-refractivity contribution in [3.05, 3.63) is 35.9 Å². The van der Waals surface area contributed by atoms with Gasteiger partial charge < -0.3 is 20.6 Å². The monoisotopic (exact) mass is 390 g/mol. The molecule has 0 unspecified atom stereocenters. The molecule has 3 N–H and O–H groups in total. The number of carbonyl (C=O) groups is 3. The molecule has 0 saturated carbocycles. The van der Waals surface area contributed by atoms with Gasteiger partial charge in [-0.05, 0) is 65.5 Å². The normalized spacial score (nSPS) is 13.5. The first-order chi connectivity index (χ1) is 13.1. The fourth-order valence-corrected chi connectivity index (χ4v) is 2.91. The van der Waals surface area contributed by atoms with Crippen LogP contribution in [0.4, 0.5) is 0 Å². The van der Waals surface area contributed by atoms with Crippen molar-refractivity contribution in [1.82, 2.24) is 5.32 Å². The van der Waals surface area contributed by atoms with Crippen LogP contribution in [0.3, 0.4) is 0 Å². The molecule has 0 saturated heterocycles. The third-order valence-electron chi connectivity index (χ3n) is 4.18. The molecular formula is C22H34N2O4. The van der Waals surface area contributed by atoms with Crippen molar-refractivity contribution in [2.24, 2.45) is 11.7 Å². The molecule has 0 bridgehead atoms. The SMILES string of the molecule is CC(=O)C[C@@H](Cc1ccccc1)C(=O)N[C@@H](CCCCN)C(=O)OC(C)(C)C. The van der Waals surface area contributed by atoms with E-state index in [-0.39, 0.29) is 18.1 Å². The Kier molecular flexibility index (Phi) is 9.87. The van der Waals surface area contributed by atoms with Crippen molar-refractivity contribution in [2.75, 3.05) is 6.54 Å². The number of unbranched alkanes of at least 4 members (excludes halogenated alkanes) is 1. The number of carbonyl (C=O) groups excluding carboxylic acids is 3. The van der Waals surface area contributed by atoms with E-state index in [0.717, 1.165) is 12.0 Å². The number of Topliss-reactive ketones (excluding diaryl/α,β-unsaturated/α-hetero) is 1. The number of hydrogen-bond acceptors (Lipinski definition) is 5. The molecule has 156 valence electrons. The summed E-state index contributed by atoms with van der Waals surface area (Å²) in [6, 6.07) is 8.80. The standard InChI is InChI=1S/C22H34N2O4/c1-16(25)14-18(15-17-10-6-5-7-11-17)20(26)24-19(12-8-9-13-23)21(27)28-22(2,3)4/h5-7,10-11,18-19H,8-9,12-15,23H2,1-4H3,(H,24,26)/t18-,19-/m0/s1. The van der Waals surface area contributed by atoms with Gasteiger partial charge in [0.2, 0.25) is 5.91 Å². The Labute approximate surface area is 168 Å². The van der Waals surface area contributed by atoms with E-state index in [1.165, 1.54) is 6.92 Å². The topological polar surface area (TPSA) is 98.5 Å². The number of ketones is 1. The molecule has 0 aliphatic rings. The fraction of sp³-hybridized carbons (Fsp3) is 0.591. The second-order valence-corrected chi connectivity index (χ2v) is 8.17. The molecule has 0 aliphatic carbocycles. The fourth-order valence-electron chi connectivity index (χ4n) is 2.91. The Balaban J connectivity index is 2.89. The highest BCUT2D eigenvalue weighted by atomic mass is 16.6. The number of ether oxygens (including phenoxy) is 1. The van der Waals surface area contributed by atoms with Crippen LogP contribution >= 0.6 is 0 Å². The van der Waals surface area contributed by atoms with Crippen LogP contribution in [0.25, 0.3) is 0 Å². The Morgan fingerprint density at radius 2 is 1.75 bits per heavy atom. The minimum atomic E-state index is -0.747.